The van der Waals surface area contributed by atoms with Crippen LogP contribution in [0.2, 0.25) is 0 Å². The minimum atomic E-state index is 0.0351. The monoisotopic (exact) mass is 331 g/mol. The van der Waals surface area contributed by atoms with E-state index < -0.39 is 0 Å². The Balaban J connectivity index is 1.64. The fraction of sp³-hybridized carbons (Fsp3) is 0.250. The van der Waals surface area contributed by atoms with Crippen LogP contribution < -0.4 is 5.32 Å². The quantitative estimate of drug-likeness (QED) is 0.731. The minimum absolute atomic E-state index is 0.0351. The van der Waals surface area contributed by atoms with E-state index in [1.54, 1.807) is 0 Å². The Labute approximate surface area is 125 Å². The van der Waals surface area contributed by atoms with Crippen molar-refractivity contribution in [2.24, 2.45) is 0 Å². The van der Waals surface area contributed by atoms with E-state index >= 15 is 0 Å². The predicted molar refractivity (Wildman–Crippen MR) is 84.3 cm³/mol. The number of aryl methyl sites for hydroxylation is 1. The molecule has 0 aliphatic rings. The standard InChI is InChI=1S/C16H17N3Se/c1-12(10-11-13-6-3-2-4-7-13)17-14-8-5-9-15-16(14)19-20-18-15/h2-9,12,17H,10-11H2,1H3. The van der Waals surface area contributed by atoms with E-state index in [2.05, 4.69) is 56.6 Å². The number of anilines is 1. The van der Waals surface area contributed by atoms with Crippen molar-refractivity contribution in [3.05, 3.63) is 54.1 Å². The number of aromatic nitrogens is 2. The topological polar surface area (TPSA) is 37.8 Å². The Bertz CT molecular complexity index is 678. The predicted octanol–water partition coefficient (Wildman–Crippen LogP) is 3.12. The molecule has 1 heterocycles. The van der Waals surface area contributed by atoms with Gasteiger partial charge in [-0.15, -0.1) is 0 Å². The Morgan fingerprint density at radius 3 is 2.75 bits per heavy atom. The molecule has 0 bridgehead atoms. The zero-order chi connectivity index (χ0) is 13.8. The van der Waals surface area contributed by atoms with Crippen molar-refractivity contribution >= 4 is 31.7 Å². The van der Waals surface area contributed by atoms with Gasteiger partial charge < -0.3 is 0 Å². The Kier molecular flexibility index (Phi) is 4.14. The molecule has 4 heteroatoms. The summed E-state index contributed by atoms with van der Waals surface area (Å²) in [7, 11) is 0. The van der Waals surface area contributed by atoms with Crippen molar-refractivity contribution < 1.29 is 0 Å². The number of rotatable bonds is 5. The molecule has 3 nitrogen and oxygen atoms in total. The van der Waals surface area contributed by atoms with Gasteiger partial charge in [0.1, 0.15) is 0 Å². The van der Waals surface area contributed by atoms with E-state index in [1.807, 2.05) is 12.1 Å². The van der Waals surface area contributed by atoms with Crippen LogP contribution in [0.1, 0.15) is 18.9 Å². The second-order valence-electron chi connectivity index (χ2n) is 5.01. The van der Waals surface area contributed by atoms with Crippen LogP contribution in [0.15, 0.2) is 48.5 Å². The summed E-state index contributed by atoms with van der Waals surface area (Å²) in [6, 6.07) is 17.2. The van der Waals surface area contributed by atoms with E-state index in [0.29, 0.717) is 6.04 Å². The summed E-state index contributed by atoms with van der Waals surface area (Å²) in [4.78, 5) is 0. The molecule has 0 fully saturated rings. The van der Waals surface area contributed by atoms with Crippen LogP contribution in [0.5, 0.6) is 0 Å². The summed E-state index contributed by atoms with van der Waals surface area (Å²) in [5.74, 6) is 0. The number of benzene rings is 2. The van der Waals surface area contributed by atoms with Crippen molar-refractivity contribution in [2.75, 3.05) is 5.32 Å². The van der Waals surface area contributed by atoms with E-state index in [4.69, 9.17) is 0 Å². The molecule has 0 aliphatic carbocycles. The van der Waals surface area contributed by atoms with Crippen LogP contribution >= 0.6 is 0 Å². The molecule has 0 saturated carbocycles. The third-order valence-corrected chi connectivity index (χ3v) is 4.54. The van der Waals surface area contributed by atoms with Crippen molar-refractivity contribution in [1.82, 2.24) is 7.96 Å². The summed E-state index contributed by atoms with van der Waals surface area (Å²) in [6.07, 6.45) is 2.20. The van der Waals surface area contributed by atoms with Gasteiger partial charge >= 0.3 is 125 Å². The Morgan fingerprint density at radius 1 is 1.05 bits per heavy atom. The van der Waals surface area contributed by atoms with Crippen LogP contribution in [-0.4, -0.2) is 29.0 Å². The van der Waals surface area contributed by atoms with Crippen LogP contribution in [0.25, 0.3) is 11.0 Å². The molecule has 0 radical (unpaired) electrons. The van der Waals surface area contributed by atoms with Crippen LogP contribution in [0, 0.1) is 0 Å². The van der Waals surface area contributed by atoms with Crippen molar-refractivity contribution in [3.63, 3.8) is 0 Å². The molecular weight excluding hydrogens is 313 g/mol. The third-order valence-electron chi connectivity index (χ3n) is 3.40. The average Bonchev–Trinajstić information content (AvgIpc) is 2.96. The van der Waals surface area contributed by atoms with Crippen LogP contribution in [0.4, 0.5) is 5.69 Å². The molecule has 1 atom stereocenters. The zero-order valence-corrected chi connectivity index (χ0v) is 13.1. The van der Waals surface area contributed by atoms with E-state index in [1.165, 1.54) is 5.56 Å². The molecule has 0 amide bonds. The molecule has 3 aromatic rings. The molecule has 1 aromatic heterocycles. The van der Waals surface area contributed by atoms with Gasteiger partial charge in [-0.2, -0.15) is 0 Å². The Hall–Kier alpha value is -1.64. The molecular formula is C16H17N3Se. The fourth-order valence-corrected chi connectivity index (χ4v) is 3.44. The number of hydrogen-bond acceptors (Lipinski definition) is 3. The normalized spacial score (nSPS) is 12.4. The first-order valence-corrected chi connectivity index (χ1v) is 8.38. The first-order valence-electron chi connectivity index (χ1n) is 6.84. The second-order valence-corrected chi connectivity index (χ2v) is 6.12. The van der Waals surface area contributed by atoms with Crippen LogP contribution in [0.3, 0.4) is 0 Å². The number of hydrogen-bond donors (Lipinski definition) is 1. The molecule has 1 N–H and O–H groups in total. The summed E-state index contributed by atoms with van der Waals surface area (Å²) >= 11 is 0.0351. The van der Waals surface area contributed by atoms with Gasteiger partial charge in [0.15, 0.2) is 0 Å². The summed E-state index contributed by atoms with van der Waals surface area (Å²) in [5, 5.41) is 3.57. The maximum absolute atomic E-state index is 4.50. The van der Waals surface area contributed by atoms with E-state index in [-0.39, 0.29) is 15.0 Å². The summed E-state index contributed by atoms with van der Waals surface area (Å²) in [5.41, 5.74) is 4.58. The molecule has 0 saturated heterocycles. The summed E-state index contributed by atoms with van der Waals surface area (Å²) < 4.78 is 8.92. The van der Waals surface area contributed by atoms with Gasteiger partial charge in [0.05, 0.1) is 0 Å². The maximum atomic E-state index is 4.50. The summed E-state index contributed by atoms with van der Waals surface area (Å²) in [6.45, 7) is 2.22. The number of nitrogens with one attached hydrogen (secondary N) is 1. The molecule has 20 heavy (non-hydrogen) atoms. The third kappa shape index (κ3) is 3.09. The SMILES string of the molecule is CC(CCc1ccccc1)Nc1cccc2n[se]nc12. The van der Waals surface area contributed by atoms with Gasteiger partial charge in [-0.1, -0.05) is 0 Å². The first-order chi connectivity index (χ1) is 9.83. The number of nitrogens with zero attached hydrogens (tertiary/aromatic N) is 2. The zero-order valence-electron chi connectivity index (χ0n) is 11.4. The van der Waals surface area contributed by atoms with Gasteiger partial charge in [-0.25, -0.2) is 0 Å². The van der Waals surface area contributed by atoms with Crippen LogP contribution in [-0.2, 0) is 6.42 Å². The van der Waals surface area contributed by atoms with Gasteiger partial charge in [0, 0.05) is 0 Å². The molecule has 3 rings (SSSR count). The first kappa shape index (κ1) is 13.3. The van der Waals surface area contributed by atoms with Gasteiger partial charge in [0.25, 0.3) is 0 Å². The second kappa shape index (κ2) is 6.21. The van der Waals surface area contributed by atoms with E-state index in [9.17, 15) is 0 Å². The molecule has 0 spiro atoms. The molecule has 102 valence electrons. The molecule has 0 aliphatic heterocycles. The van der Waals surface area contributed by atoms with Gasteiger partial charge in [0.2, 0.25) is 0 Å². The van der Waals surface area contributed by atoms with Crippen molar-refractivity contribution in [1.29, 1.82) is 0 Å². The molecule has 1 unspecified atom stereocenters. The van der Waals surface area contributed by atoms with E-state index in [0.717, 1.165) is 29.6 Å². The molecule has 2 aromatic carbocycles. The van der Waals surface area contributed by atoms with Gasteiger partial charge in [-0.3, -0.25) is 0 Å². The van der Waals surface area contributed by atoms with Crippen molar-refractivity contribution in [2.45, 2.75) is 25.8 Å². The average molecular weight is 330 g/mol. The number of fused-ring (bicyclic) bond motifs is 1. The van der Waals surface area contributed by atoms with Gasteiger partial charge in [-0.05, 0) is 0 Å². The van der Waals surface area contributed by atoms with Crippen molar-refractivity contribution in [3.8, 4) is 0 Å². The Morgan fingerprint density at radius 2 is 1.90 bits per heavy atom. The fourth-order valence-electron chi connectivity index (χ4n) is 2.29.